The van der Waals surface area contributed by atoms with E-state index in [1.54, 1.807) is 0 Å². The number of esters is 1. The summed E-state index contributed by atoms with van der Waals surface area (Å²) in [5, 5.41) is 13.4. The molecule has 0 radical (unpaired) electrons. The summed E-state index contributed by atoms with van der Waals surface area (Å²) < 4.78 is 4.73. The molecule has 25 heavy (non-hydrogen) atoms. The van der Waals surface area contributed by atoms with Gasteiger partial charge in [0, 0.05) is 17.7 Å². The summed E-state index contributed by atoms with van der Waals surface area (Å²) >= 11 is 0. The van der Waals surface area contributed by atoms with E-state index in [-0.39, 0.29) is 11.3 Å². The van der Waals surface area contributed by atoms with E-state index in [4.69, 9.17) is 4.74 Å². The molecule has 0 saturated carbocycles. The van der Waals surface area contributed by atoms with Gasteiger partial charge in [-0.05, 0) is 25.3 Å². The average molecular weight is 348 g/mol. The minimum Gasteiger partial charge on any atom is -0.467 e. The number of nitro benzene ring substituents is 1. The number of nitro groups is 1. The molecule has 0 aliphatic rings. The van der Waals surface area contributed by atoms with Crippen molar-refractivity contribution in [1.82, 2.24) is 5.32 Å². The van der Waals surface area contributed by atoms with Gasteiger partial charge in [-0.25, -0.2) is 4.79 Å². The predicted octanol–water partition coefficient (Wildman–Crippen LogP) is 3.39. The second-order valence-electron chi connectivity index (χ2n) is 5.64. The maximum absolute atomic E-state index is 12.3. The molecular weight excluding hydrogens is 324 g/mol. The molecule has 0 aliphatic carbocycles. The van der Waals surface area contributed by atoms with Crippen LogP contribution < -0.4 is 5.32 Å². The molecule has 1 aromatic carbocycles. The summed E-state index contributed by atoms with van der Waals surface area (Å²) in [6.07, 6.45) is 7.08. The van der Waals surface area contributed by atoms with Crippen molar-refractivity contribution in [3.8, 4) is 0 Å². The van der Waals surface area contributed by atoms with Crippen molar-refractivity contribution in [2.24, 2.45) is 0 Å². The summed E-state index contributed by atoms with van der Waals surface area (Å²) in [6.45, 7) is 3.67. The Balaban J connectivity index is 2.63. The van der Waals surface area contributed by atoms with Crippen LogP contribution in [-0.4, -0.2) is 30.0 Å². The summed E-state index contributed by atoms with van der Waals surface area (Å²) in [5.41, 5.74) is -0.0430. The Hall–Kier alpha value is -2.70. The molecule has 0 aliphatic heterocycles. The maximum Gasteiger partial charge on any atom is 0.328 e. The maximum atomic E-state index is 12.3. The molecule has 136 valence electrons. The van der Waals surface area contributed by atoms with E-state index < -0.39 is 22.8 Å². The van der Waals surface area contributed by atoms with Crippen molar-refractivity contribution in [2.75, 3.05) is 7.11 Å². The SMILES string of the molecule is C=CCCCCCC[C@@H](NC(=O)c1cccc([N+](=O)[O-])c1)C(=O)OC. The van der Waals surface area contributed by atoms with E-state index in [9.17, 15) is 19.7 Å². The van der Waals surface area contributed by atoms with Gasteiger partial charge in [0.25, 0.3) is 11.6 Å². The number of ether oxygens (including phenoxy) is 1. The van der Waals surface area contributed by atoms with Crippen LogP contribution in [0.2, 0.25) is 0 Å². The number of carbonyl (C=O) groups is 2. The van der Waals surface area contributed by atoms with Crippen molar-refractivity contribution in [2.45, 2.75) is 44.6 Å². The summed E-state index contributed by atoms with van der Waals surface area (Å²) in [6, 6.07) is 4.61. The third kappa shape index (κ3) is 7.15. The van der Waals surface area contributed by atoms with Crippen LogP contribution in [-0.2, 0) is 9.53 Å². The van der Waals surface area contributed by atoms with Gasteiger partial charge >= 0.3 is 5.97 Å². The van der Waals surface area contributed by atoms with Gasteiger partial charge in [0.05, 0.1) is 12.0 Å². The number of carbonyl (C=O) groups excluding carboxylic acids is 2. The Morgan fingerprint density at radius 1 is 1.32 bits per heavy atom. The molecule has 1 N–H and O–H groups in total. The van der Waals surface area contributed by atoms with Crippen molar-refractivity contribution in [3.63, 3.8) is 0 Å². The largest absolute Gasteiger partial charge is 0.467 e. The molecule has 0 fully saturated rings. The Morgan fingerprint density at radius 2 is 2.04 bits per heavy atom. The van der Waals surface area contributed by atoms with Gasteiger partial charge in [0.1, 0.15) is 6.04 Å². The average Bonchev–Trinajstić information content (AvgIpc) is 2.62. The number of rotatable bonds is 11. The van der Waals surface area contributed by atoms with Gasteiger partial charge in [-0.2, -0.15) is 0 Å². The fourth-order valence-corrected chi connectivity index (χ4v) is 2.38. The summed E-state index contributed by atoms with van der Waals surface area (Å²) in [5.74, 6) is -1.06. The second-order valence-corrected chi connectivity index (χ2v) is 5.64. The van der Waals surface area contributed by atoms with E-state index in [1.165, 1.54) is 31.4 Å². The number of unbranched alkanes of at least 4 members (excludes halogenated alkanes) is 4. The predicted molar refractivity (Wildman–Crippen MR) is 94.3 cm³/mol. The molecule has 0 unspecified atom stereocenters. The molecule has 0 spiro atoms. The molecule has 7 nitrogen and oxygen atoms in total. The normalized spacial score (nSPS) is 11.4. The Bertz CT molecular complexity index is 615. The van der Waals surface area contributed by atoms with E-state index in [1.807, 2.05) is 6.08 Å². The molecule has 0 aromatic heterocycles. The lowest BCUT2D eigenvalue weighted by atomic mass is 10.1. The number of benzene rings is 1. The van der Waals surface area contributed by atoms with Gasteiger partial charge in [-0.1, -0.05) is 31.4 Å². The fraction of sp³-hybridized carbons (Fsp3) is 0.444. The number of amides is 1. The summed E-state index contributed by atoms with van der Waals surface area (Å²) in [7, 11) is 1.26. The van der Waals surface area contributed by atoms with Crippen molar-refractivity contribution >= 4 is 17.6 Å². The lowest BCUT2D eigenvalue weighted by Crippen LogP contribution is -2.41. The third-order valence-electron chi connectivity index (χ3n) is 3.76. The first-order valence-electron chi connectivity index (χ1n) is 8.23. The lowest BCUT2D eigenvalue weighted by molar-refractivity contribution is -0.384. The quantitative estimate of drug-likeness (QED) is 0.217. The smallest absolute Gasteiger partial charge is 0.328 e. The summed E-state index contributed by atoms with van der Waals surface area (Å²) in [4.78, 5) is 34.4. The highest BCUT2D eigenvalue weighted by Crippen LogP contribution is 2.14. The standard InChI is InChI=1S/C18H24N2O5/c1-3-4-5-6-7-8-12-16(18(22)25-2)19-17(21)14-10-9-11-15(13-14)20(23)24/h3,9-11,13,16H,1,4-8,12H2,2H3,(H,19,21)/t16-/m1/s1. The lowest BCUT2D eigenvalue weighted by Gasteiger charge is -2.16. The molecule has 0 saturated heterocycles. The van der Waals surface area contributed by atoms with Crippen LogP contribution >= 0.6 is 0 Å². The first-order chi connectivity index (χ1) is 12.0. The number of methoxy groups -OCH3 is 1. The van der Waals surface area contributed by atoms with Crippen molar-refractivity contribution in [1.29, 1.82) is 0 Å². The number of hydrogen-bond donors (Lipinski definition) is 1. The first kappa shape index (κ1) is 20.3. The molecule has 7 heteroatoms. The zero-order chi connectivity index (χ0) is 18.7. The number of hydrogen-bond acceptors (Lipinski definition) is 5. The van der Waals surface area contributed by atoms with E-state index in [0.29, 0.717) is 6.42 Å². The molecular formula is C18H24N2O5. The zero-order valence-electron chi connectivity index (χ0n) is 14.4. The van der Waals surface area contributed by atoms with E-state index in [0.717, 1.165) is 32.1 Å². The van der Waals surface area contributed by atoms with Crippen LogP contribution in [0.25, 0.3) is 0 Å². The highest BCUT2D eigenvalue weighted by molar-refractivity contribution is 5.97. The van der Waals surface area contributed by atoms with Gasteiger partial charge < -0.3 is 10.1 Å². The highest BCUT2D eigenvalue weighted by Gasteiger charge is 2.22. The first-order valence-corrected chi connectivity index (χ1v) is 8.23. The number of allylic oxidation sites excluding steroid dienone is 1. The Labute approximate surface area is 147 Å². The Kier molecular flexibility index (Phi) is 8.92. The van der Waals surface area contributed by atoms with Crippen LogP contribution in [0.3, 0.4) is 0 Å². The van der Waals surface area contributed by atoms with Gasteiger partial charge in [-0.3, -0.25) is 14.9 Å². The van der Waals surface area contributed by atoms with Crippen LogP contribution in [0.1, 0.15) is 48.9 Å². The number of non-ortho nitro benzene ring substituents is 1. The molecule has 0 bridgehead atoms. The van der Waals surface area contributed by atoms with E-state index in [2.05, 4.69) is 11.9 Å². The van der Waals surface area contributed by atoms with Gasteiger partial charge in [0.15, 0.2) is 0 Å². The second kappa shape index (κ2) is 11.0. The minimum absolute atomic E-state index is 0.133. The monoisotopic (exact) mass is 348 g/mol. The van der Waals surface area contributed by atoms with Gasteiger partial charge in [0.2, 0.25) is 0 Å². The van der Waals surface area contributed by atoms with Crippen LogP contribution in [0.5, 0.6) is 0 Å². The van der Waals surface area contributed by atoms with E-state index >= 15 is 0 Å². The fourth-order valence-electron chi connectivity index (χ4n) is 2.38. The molecule has 0 heterocycles. The number of nitrogens with zero attached hydrogens (tertiary/aromatic N) is 1. The molecule has 1 rings (SSSR count). The van der Waals surface area contributed by atoms with Crippen LogP contribution in [0.4, 0.5) is 5.69 Å². The number of nitrogens with one attached hydrogen (secondary N) is 1. The third-order valence-corrected chi connectivity index (χ3v) is 3.76. The van der Waals surface area contributed by atoms with Crippen molar-refractivity contribution < 1.29 is 19.2 Å². The molecule has 1 amide bonds. The molecule has 1 aromatic rings. The minimum atomic E-state index is -0.767. The van der Waals surface area contributed by atoms with Crippen LogP contribution in [0.15, 0.2) is 36.9 Å². The van der Waals surface area contributed by atoms with Gasteiger partial charge in [-0.15, -0.1) is 6.58 Å². The topological polar surface area (TPSA) is 98.5 Å². The van der Waals surface area contributed by atoms with Crippen molar-refractivity contribution in [3.05, 3.63) is 52.6 Å². The highest BCUT2D eigenvalue weighted by atomic mass is 16.6. The molecule has 1 atom stereocenters. The van der Waals surface area contributed by atoms with Crippen LogP contribution in [0, 0.1) is 10.1 Å². The zero-order valence-corrected chi connectivity index (χ0v) is 14.4. The Morgan fingerprint density at radius 3 is 2.68 bits per heavy atom.